The van der Waals surface area contributed by atoms with Crippen LogP contribution in [0.25, 0.3) is 0 Å². The van der Waals surface area contributed by atoms with E-state index in [1.165, 1.54) is 13.2 Å². The summed E-state index contributed by atoms with van der Waals surface area (Å²) in [5.41, 5.74) is 6.40. The van der Waals surface area contributed by atoms with Crippen LogP contribution in [0, 0.1) is 0 Å². The lowest BCUT2D eigenvalue weighted by Gasteiger charge is -2.20. The molecule has 1 atom stereocenters. The number of halogens is 3. The van der Waals surface area contributed by atoms with Crippen LogP contribution in [0.5, 0.6) is 0 Å². The number of aromatic nitrogens is 1. The first-order chi connectivity index (χ1) is 7.29. The third-order valence-electron chi connectivity index (χ3n) is 2.10. The van der Waals surface area contributed by atoms with Crippen LogP contribution in [0.1, 0.15) is 18.5 Å². The molecule has 0 aromatic carbocycles. The molecule has 1 heterocycles. The minimum atomic E-state index is -4.24. The van der Waals surface area contributed by atoms with Crippen molar-refractivity contribution in [2.24, 2.45) is 5.73 Å². The first-order valence-electron chi connectivity index (χ1n) is 4.79. The van der Waals surface area contributed by atoms with Gasteiger partial charge in [0, 0.05) is 19.3 Å². The molecule has 0 amide bonds. The second-order valence-electron chi connectivity index (χ2n) is 3.71. The highest BCUT2D eigenvalue weighted by atomic mass is 19.4. The number of pyridine rings is 1. The smallest absolute Gasteiger partial charge is 0.351 e. The second-order valence-corrected chi connectivity index (χ2v) is 3.71. The van der Waals surface area contributed by atoms with Gasteiger partial charge in [-0.25, -0.2) is 4.98 Å². The molecule has 1 rings (SSSR count). The summed E-state index contributed by atoms with van der Waals surface area (Å²) in [7, 11) is 1.35. The van der Waals surface area contributed by atoms with E-state index in [-0.39, 0.29) is 11.9 Å². The molecule has 90 valence electrons. The first kappa shape index (κ1) is 12.8. The Morgan fingerprint density at radius 2 is 2.12 bits per heavy atom. The van der Waals surface area contributed by atoms with Gasteiger partial charge in [-0.3, -0.25) is 0 Å². The van der Waals surface area contributed by atoms with Crippen LogP contribution in [-0.2, 0) is 0 Å². The number of anilines is 1. The first-order valence-corrected chi connectivity index (χ1v) is 4.79. The Morgan fingerprint density at radius 3 is 2.62 bits per heavy atom. The van der Waals surface area contributed by atoms with Crippen LogP contribution in [0.4, 0.5) is 19.0 Å². The van der Waals surface area contributed by atoms with Crippen molar-refractivity contribution >= 4 is 5.82 Å². The van der Waals surface area contributed by atoms with Gasteiger partial charge in [-0.2, -0.15) is 13.2 Å². The highest BCUT2D eigenvalue weighted by Crippen LogP contribution is 2.21. The zero-order valence-electron chi connectivity index (χ0n) is 9.12. The van der Waals surface area contributed by atoms with Crippen molar-refractivity contribution in [2.75, 3.05) is 18.5 Å². The van der Waals surface area contributed by atoms with E-state index in [0.717, 1.165) is 10.5 Å². The lowest BCUT2D eigenvalue weighted by Crippen LogP contribution is -2.31. The number of hydrogen-bond acceptors (Lipinski definition) is 3. The van der Waals surface area contributed by atoms with Gasteiger partial charge in [0.15, 0.2) is 0 Å². The Labute approximate surface area is 92.1 Å². The molecule has 0 saturated carbocycles. The Kier molecular flexibility index (Phi) is 3.74. The van der Waals surface area contributed by atoms with E-state index in [0.29, 0.717) is 0 Å². The van der Waals surface area contributed by atoms with E-state index < -0.39 is 12.7 Å². The van der Waals surface area contributed by atoms with Gasteiger partial charge >= 0.3 is 6.18 Å². The number of alkyl halides is 3. The fourth-order valence-corrected chi connectivity index (χ4v) is 1.28. The average Bonchev–Trinajstić information content (AvgIpc) is 2.15. The number of rotatable bonds is 3. The van der Waals surface area contributed by atoms with E-state index >= 15 is 0 Å². The number of nitrogens with two attached hydrogens (primary N) is 1. The molecule has 0 spiro atoms. The summed E-state index contributed by atoms with van der Waals surface area (Å²) in [4.78, 5) is 4.92. The Hall–Kier alpha value is -1.30. The molecule has 0 fully saturated rings. The van der Waals surface area contributed by atoms with Gasteiger partial charge in [-0.15, -0.1) is 0 Å². The summed E-state index contributed by atoms with van der Waals surface area (Å²) in [6, 6.07) is 3.03. The van der Waals surface area contributed by atoms with Crippen molar-refractivity contribution in [3.05, 3.63) is 23.9 Å². The van der Waals surface area contributed by atoms with Crippen molar-refractivity contribution in [2.45, 2.75) is 19.1 Å². The average molecular weight is 233 g/mol. The van der Waals surface area contributed by atoms with Crippen molar-refractivity contribution in [1.82, 2.24) is 4.98 Å². The molecule has 6 heteroatoms. The molecule has 0 aliphatic carbocycles. The molecule has 0 aliphatic heterocycles. The lowest BCUT2D eigenvalue weighted by atomic mass is 10.1. The van der Waals surface area contributed by atoms with Crippen LogP contribution >= 0.6 is 0 Å². The van der Waals surface area contributed by atoms with E-state index in [1.54, 1.807) is 19.1 Å². The largest absolute Gasteiger partial charge is 0.405 e. The highest BCUT2D eigenvalue weighted by Gasteiger charge is 2.29. The standard InChI is InChI=1S/C10H14F3N3/c1-7(14)8-3-4-15-9(5-8)16(2)6-10(11,12)13/h3-5,7H,6,14H2,1-2H3/t7-/m1/s1. The zero-order chi connectivity index (χ0) is 12.3. The van der Waals surface area contributed by atoms with E-state index in [9.17, 15) is 13.2 Å². The molecule has 3 nitrogen and oxygen atoms in total. The molecule has 16 heavy (non-hydrogen) atoms. The molecule has 1 aromatic heterocycles. The summed E-state index contributed by atoms with van der Waals surface area (Å²) < 4.78 is 36.5. The predicted molar refractivity (Wildman–Crippen MR) is 56.2 cm³/mol. The monoisotopic (exact) mass is 233 g/mol. The van der Waals surface area contributed by atoms with Crippen LogP contribution in [-0.4, -0.2) is 24.8 Å². The SMILES string of the molecule is C[C@@H](N)c1ccnc(N(C)CC(F)(F)F)c1. The minimum Gasteiger partial charge on any atom is -0.351 e. The summed E-state index contributed by atoms with van der Waals surface area (Å²) in [5.74, 6) is 0.270. The van der Waals surface area contributed by atoms with Crippen LogP contribution in [0.15, 0.2) is 18.3 Å². The summed E-state index contributed by atoms with van der Waals surface area (Å²) >= 11 is 0. The van der Waals surface area contributed by atoms with Crippen LogP contribution < -0.4 is 10.6 Å². The topological polar surface area (TPSA) is 42.1 Å². The van der Waals surface area contributed by atoms with Gasteiger partial charge in [-0.05, 0) is 24.6 Å². The summed E-state index contributed by atoms with van der Waals surface area (Å²) in [6.45, 7) is 0.741. The van der Waals surface area contributed by atoms with Crippen molar-refractivity contribution in [3.63, 3.8) is 0 Å². The molecule has 2 N–H and O–H groups in total. The Morgan fingerprint density at radius 1 is 1.50 bits per heavy atom. The molecule has 0 saturated heterocycles. The molecule has 0 radical (unpaired) electrons. The van der Waals surface area contributed by atoms with E-state index in [4.69, 9.17) is 5.73 Å². The van der Waals surface area contributed by atoms with Crippen molar-refractivity contribution in [1.29, 1.82) is 0 Å². The van der Waals surface area contributed by atoms with Crippen molar-refractivity contribution in [3.8, 4) is 0 Å². The number of nitrogens with zero attached hydrogens (tertiary/aromatic N) is 2. The normalized spacial score (nSPS) is 13.6. The maximum atomic E-state index is 12.2. The minimum absolute atomic E-state index is 0.221. The molecule has 1 aromatic rings. The van der Waals surface area contributed by atoms with Gasteiger partial charge in [0.25, 0.3) is 0 Å². The van der Waals surface area contributed by atoms with Gasteiger partial charge < -0.3 is 10.6 Å². The zero-order valence-corrected chi connectivity index (χ0v) is 9.12. The third kappa shape index (κ3) is 3.69. The quantitative estimate of drug-likeness (QED) is 0.869. The summed E-state index contributed by atoms with van der Waals surface area (Å²) in [6.07, 6.45) is -2.78. The van der Waals surface area contributed by atoms with E-state index in [1.807, 2.05) is 0 Å². The molecule has 0 bridgehead atoms. The second kappa shape index (κ2) is 4.69. The van der Waals surface area contributed by atoms with Crippen LogP contribution in [0.2, 0.25) is 0 Å². The summed E-state index contributed by atoms with van der Waals surface area (Å²) in [5, 5.41) is 0. The maximum absolute atomic E-state index is 12.2. The van der Waals surface area contributed by atoms with Crippen LogP contribution in [0.3, 0.4) is 0 Å². The van der Waals surface area contributed by atoms with Crippen molar-refractivity contribution < 1.29 is 13.2 Å². The molecule has 0 unspecified atom stereocenters. The van der Waals surface area contributed by atoms with Gasteiger partial charge in [0.05, 0.1) is 0 Å². The fraction of sp³-hybridized carbons (Fsp3) is 0.500. The number of hydrogen-bond donors (Lipinski definition) is 1. The fourth-order valence-electron chi connectivity index (χ4n) is 1.28. The molecule has 0 aliphatic rings. The third-order valence-corrected chi connectivity index (χ3v) is 2.10. The lowest BCUT2D eigenvalue weighted by molar-refractivity contribution is -0.119. The highest BCUT2D eigenvalue weighted by molar-refractivity contribution is 5.41. The van der Waals surface area contributed by atoms with E-state index in [2.05, 4.69) is 4.98 Å². The molecular weight excluding hydrogens is 219 g/mol. The van der Waals surface area contributed by atoms with Gasteiger partial charge in [0.1, 0.15) is 12.4 Å². The maximum Gasteiger partial charge on any atom is 0.405 e. The molecular formula is C10H14F3N3. The Bertz CT molecular complexity index is 349. The Balaban J connectivity index is 2.83. The van der Waals surface area contributed by atoms with Gasteiger partial charge in [-0.1, -0.05) is 0 Å². The predicted octanol–water partition coefficient (Wildman–Crippen LogP) is 2.10. The van der Waals surface area contributed by atoms with Gasteiger partial charge in [0.2, 0.25) is 0 Å².